The third-order valence-electron chi connectivity index (χ3n) is 15.1. The van der Waals surface area contributed by atoms with Gasteiger partial charge in [0, 0.05) is 75.6 Å². The number of rotatable bonds is 23. The predicted octanol–water partition coefficient (Wildman–Crippen LogP) is 7.65. The van der Waals surface area contributed by atoms with E-state index in [1.807, 2.05) is 0 Å². The topological polar surface area (TPSA) is 196 Å². The van der Waals surface area contributed by atoms with Crippen LogP contribution in [0.1, 0.15) is 85.8 Å². The molecule has 4 aromatic rings. The number of halogens is 8. The van der Waals surface area contributed by atoms with Gasteiger partial charge in [0.2, 0.25) is 12.2 Å². The van der Waals surface area contributed by atoms with Gasteiger partial charge in [0.25, 0.3) is 11.8 Å². The average Bonchev–Trinajstić information content (AvgIpc) is 3.66. The molecule has 6 atom stereocenters. The molecule has 0 aliphatic carbocycles. The lowest BCUT2D eigenvalue weighted by Crippen LogP contribution is -2.50. The van der Waals surface area contributed by atoms with Crippen LogP contribution in [0.2, 0.25) is 0 Å². The molecule has 4 aromatic carbocycles. The lowest BCUT2D eigenvalue weighted by molar-refractivity contribution is -0.275. The number of likely N-dealkylation sites (tertiary alicyclic amines) is 2. The number of hydrogen-bond donors (Lipinski definition) is 2. The number of carbonyl (C=O) groups excluding carboxylic acids is 4. The van der Waals surface area contributed by atoms with E-state index in [9.17, 15) is 54.9 Å². The lowest BCUT2D eigenvalue weighted by Gasteiger charge is -2.40. The highest BCUT2D eigenvalue weighted by Gasteiger charge is 2.43. The molecule has 0 saturated carbocycles. The molecule has 4 saturated heterocycles. The van der Waals surface area contributed by atoms with Crippen LogP contribution in [0, 0.1) is 11.6 Å². The van der Waals surface area contributed by atoms with Gasteiger partial charge in [-0.2, -0.15) is 0 Å². The zero-order valence-electron chi connectivity index (χ0n) is 45.6. The fourth-order valence-electron chi connectivity index (χ4n) is 10.5. The van der Waals surface area contributed by atoms with Gasteiger partial charge in [0.15, 0.2) is 12.2 Å². The Hall–Kier alpha value is -6.52. The van der Waals surface area contributed by atoms with E-state index in [2.05, 4.69) is 19.3 Å². The van der Waals surface area contributed by atoms with Crippen molar-refractivity contribution in [3.8, 4) is 11.5 Å². The molecule has 4 heterocycles. The highest BCUT2D eigenvalue weighted by molar-refractivity contribution is 5.91. The molecule has 4 fully saturated rings. The van der Waals surface area contributed by atoms with Crippen molar-refractivity contribution < 1.29 is 102 Å². The Balaban J connectivity index is 1.04. The maximum Gasteiger partial charge on any atom is 0.573 e. The number of ether oxygens (including phenoxy) is 8. The summed E-state index contributed by atoms with van der Waals surface area (Å²) in [6.07, 6.45) is -15.8. The van der Waals surface area contributed by atoms with E-state index in [4.69, 9.17) is 28.4 Å². The van der Waals surface area contributed by atoms with Gasteiger partial charge in [-0.1, -0.05) is 48.5 Å². The fraction of sp³-hybridized carbons (Fsp3) is 0.517. The van der Waals surface area contributed by atoms with Crippen LogP contribution < -0.4 is 9.47 Å². The molecule has 0 radical (unpaired) electrons. The van der Waals surface area contributed by atoms with Crippen molar-refractivity contribution in [1.29, 1.82) is 0 Å². The summed E-state index contributed by atoms with van der Waals surface area (Å²) in [7, 11) is 0. The Kier molecular flexibility index (Phi) is 22.3. The molecular formula is C58H66F8N4O14. The number of benzene rings is 4. The predicted molar refractivity (Wildman–Crippen MR) is 279 cm³/mol. The van der Waals surface area contributed by atoms with E-state index in [1.165, 1.54) is 58.3 Å². The van der Waals surface area contributed by atoms with Crippen LogP contribution in [0.5, 0.6) is 11.5 Å². The monoisotopic (exact) mass is 1190 g/mol. The normalized spacial score (nSPS) is 20.2. The van der Waals surface area contributed by atoms with E-state index in [0.717, 1.165) is 74.2 Å². The number of piperidine rings is 2. The van der Waals surface area contributed by atoms with Crippen LogP contribution in [-0.2, 0) is 60.7 Å². The summed E-state index contributed by atoms with van der Waals surface area (Å²) in [5.41, 5.74) is 0.389. The maximum absolute atomic E-state index is 15.1. The molecule has 8 rings (SSSR count). The Labute approximate surface area is 478 Å². The standard InChI is InChI=1S/C58H66F8N4O14/c59-41-9-1-37(2-10-41)33-69(43-17-25-67(26-18-43)29-21-45-23-31-77-35-79-45)53(73)51(39-5-13-47(14-6-39)83-57(61,62)63)81-55(75)49(71)50(72)56(76)82-52(40-7-15-48(16-8-40)84-58(64,65)66)54(74)70(34-38-3-11-42(60)12-4-38)44-19-27-68(28-20-44)30-22-46-24-32-78-36-80-46/h1-16,43-46,49-52,71-72H,17-36H2. The Morgan fingerprint density at radius 2 is 0.869 bits per heavy atom. The molecule has 458 valence electrons. The lowest BCUT2D eigenvalue weighted by atomic mass is 9.99. The first-order valence-corrected chi connectivity index (χ1v) is 27.6. The smallest absolute Gasteiger partial charge is 0.445 e. The molecule has 2 N–H and O–H groups in total. The first kappa shape index (κ1) is 63.5. The number of alkyl halides is 6. The first-order chi connectivity index (χ1) is 40.1. The van der Waals surface area contributed by atoms with Gasteiger partial charge in [0.1, 0.15) is 36.7 Å². The van der Waals surface area contributed by atoms with Gasteiger partial charge in [-0.3, -0.25) is 9.59 Å². The Bertz CT molecular complexity index is 2550. The van der Waals surface area contributed by atoms with Crippen LogP contribution in [0.15, 0.2) is 97.1 Å². The number of carbonyl (C=O) groups is 4. The fourth-order valence-corrected chi connectivity index (χ4v) is 10.5. The third kappa shape index (κ3) is 18.7. The molecule has 4 aliphatic heterocycles. The van der Waals surface area contributed by atoms with Crippen molar-refractivity contribution in [3.63, 3.8) is 0 Å². The largest absolute Gasteiger partial charge is 0.573 e. The van der Waals surface area contributed by atoms with Crippen molar-refractivity contribution >= 4 is 23.8 Å². The number of aliphatic hydroxyl groups excluding tert-OH is 2. The maximum atomic E-state index is 15.1. The number of amides is 2. The zero-order valence-corrected chi connectivity index (χ0v) is 45.6. The summed E-state index contributed by atoms with van der Waals surface area (Å²) < 4.78 is 149. The second-order valence-corrected chi connectivity index (χ2v) is 20.9. The van der Waals surface area contributed by atoms with E-state index in [-0.39, 0.29) is 50.0 Å². The second-order valence-electron chi connectivity index (χ2n) is 20.9. The van der Waals surface area contributed by atoms with Crippen LogP contribution >= 0.6 is 0 Å². The summed E-state index contributed by atoms with van der Waals surface area (Å²) in [5, 5.41) is 22.9. The van der Waals surface area contributed by atoms with Gasteiger partial charge in [-0.05, 0) is 111 Å². The van der Waals surface area contributed by atoms with Crippen LogP contribution in [0.25, 0.3) is 0 Å². The van der Waals surface area contributed by atoms with Crippen molar-refractivity contribution in [2.24, 2.45) is 0 Å². The van der Waals surface area contributed by atoms with E-state index in [1.54, 1.807) is 0 Å². The molecule has 84 heavy (non-hydrogen) atoms. The van der Waals surface area contributed by atoms with E-state index < -0.39 is 96.1 Å². The number of hydrogen-bond acceptors (Lipinski definition) is 16. The summed E-state index contributed by atoms with van der Waals surface area (Å²) in [6, 6.07) is 16.6. The molecule has 6 unspecified atom stereocenters. The summed E-state index contributed by atoms with van der Waals surface area (Å²) in [5.74, 6) is -8.13. The van der Waals surface area contributed by atoms with Crippen molar-refractivity contribution in [3.05, 3.63) is 131 Å². The molecule has 0 aromatic heterocycles. The summed E-state index contributed by atoms with van der Waals surface area (Å²) in [4.78, 5) is 65.5. The summed E-state index contributed by atoms with van der Waals surface area (Å²) in [6.45, 7) is 4.44. The minimum absolute atomic E-state index is 0.00383. The molecule has 26 heteroatoms. The quantitative estimate of drug-likeness (QED) is 0.0543. The van der Waals surface area contributed by atoms with Gasteiger partial charge in [-0.25, -0.2) is 18.4 Å². The SMILES string of the molecule is O=C(OC(C(=O)N(Cc1ccc(F)cc1)C1CCN(CCC2CCOCO2)CC1)c1ccc(OC(F)(F)F)cc1)C(O)C(O)C(=O)OC(C(=O)N(Cc1ccc(F)cc1)C1CCN(CCC2CCOCO2)CC1)c1ccc(OC(F)(F)F)cc1. The number of aliphatic hydroxyl groups is 2. The Morgan fingerprint density at radius 1 is 0.524 bits per heavy atom. The van der Waals surface area contributed by atoms with Crippen LogP contribution in [-0.4, -0.2) is 169 Å². The van der Waals surface area contributed by atoms with Gasteiger partial charge >= 0.3 is 24.7 Å². The van der Waals surface area contributed by atoms with E-state index >= 15 is 9.59 Å². The van der Waals surface area contributed by atoms with Gasteiger partial charge < -0.3 is 67.7 Å². The van der Waals surface area contributed by atoms with Crippen LogP contribution in [0.3, 0.4) is 0 Å². The number of nitrogens with zero attached hydrogens (tertiary/aromatic N) is 4. The molecule has 18 nitrogen and oxygen atoms in total. The minimum atomic E-state index is -5.12. The Morgan fingerprint density at radius 3 is 1.18 bits per heavy atom. The first-order valence-electron chi connectivity index (χ1n) is 27.6. The van der Waals surface area contributed by atoms with Crippen molar-refractivity contribution in [2.75, 3.05) is 66.1 Å². The van der Waals surface area contributed by atoms with Gasteiger partial charge in [0.05, 0.1) is 25.4 Å². The molecule has 0 bridgehead atoms. The van der Waals surface area contributed by atoms with Gasteiger partial charge in [-0.15, -0.1) is 26.3 Å². The molecule has 0 spiro atoms. The highest BCUT2D eigenvalue weighted by Crippen LogP contribution is 2.34. The van der Waals surface area contributed by atoms with Crippen molar-refractivity contribution in [1.82, 2.24) is 19.6 Å². The highest BCUT2D eigenvalue weighted by atomic mass is 19.4. The van der Waals surface area contributed by atoms with Crippen LogP contribution in [0.4, 0.5) is 35.1 Å². The van der Waals surface area contributed by atoms with Crippen molar-refractivity contribution in [2.45, 2.75) is 126 Å². The average molecular weight is 1200 g/mol. The molecule has 4 aliphatic rings. The summed E-state index contributed by atoms with van der Waals surface area (Å²) >= 11 is 0. The third-order valence-corrected chi connectivity index (χ3v) is 15.1. The second kappa shape index (κ2) is 29.5. The molecular weight excluding hydrogens is 1130 g/mol. The minimum Gasteiger partial charge on any atom is -0.445 e. The zero-order chi connectivity index (χ0) is 60.0. The number of esters is 2. The molecule has 2 amide bonds. The van der Waals surface area contributed by atoms with E-state index in [0.29, 0.717) is 89.3 Å².